The molecule has 0 aromatic heterocycles. The van der Waals surface area contributed by atoms with Gasteiger partial charge in [0.05, 0.1) is 0 Å². The van der Waals surface area contributed by atoms with Gasteiger partial charge in [-0.3, -0.25) is 0 Å². The highest BCUT2D eigenvalue weighted by Gasteiger charge is 2.27. The third kappa shape index (κ3) is 6.72. The molecule has 0 atom stereocenters. The largest absolute Gasteiger partial charge is 0.330 e. The fraction of sp³-hybridized carbons (Fsp3) is 1.00. The quantitative estimate of drug-likeness (QED) is 0.595. The van der Waals surface area contributed by atoms with Crippen molar-refractivity contribution in [2.75, 3.05) is 19.6 Å². The molecule has 0 aromatic rings. The molecule has 0 radical (unpaired) electrons. The van der Waals surface area contributed by atoms with Crippen molar-refractivity contribution in [3.8, 4) is 0 Å². The van der Waals surface area contributed by atoms with Crippen LogP contribution in [0.25, 0.3) is 0 Å². The molecule has 0 rings (SSSR count). The molecule has 0 heterocycles. The summed E-state index contributed by atoms with van der Waals surface area (Å²) in [6.45, 7) is 18.3. The van der Waals surface area contributed by atoms with E-state index in [9.17, 15) is 0 Å². The molecule has 0 amide bonds. The van der Waals surface area contributed by atoms with Crippen LogP contribution in [-0.2, 0) is 0 Å². The van der Waals surface area contributed by atoms with Gasteiger partial charge >= 0.3 is 0 Å². The maximum absolute atomic E-state index is 5.97. The van der Waals surface area contributed by atoms with Crippen LogP contribution in [0.4, 0.5) is 0 Å². The van der Waals surface area contributed by atoms with E-state index in [1.165, 1.54) is 0 Å². The van der Waals surface area contributed by atoms with Gasteiger partial charge in [-0.15, -0.1) is 0 Å². The lowest BCUT2D eigenvalue weighted by Crippen LogP contribution is -2.53. The van der Waals surface area contributed by atoms with Crippen LogP contribution in [0.1, 0.15) is 61.3 Å². The van der Waals surface area contributed by atoms with Crippen LogP contribution < -0.4 is 16.4 Å². The Hall–Kier alpha value is -0.120. The lowest BCUT2D eigenvalue weighted by atomic mass is 9.87. The maximum Gasteiger partial charge on any atom is 0.0122 e. The van der Waals surface area contributed by atoms with Crippen molar-refractivity contribution in [2.45, 2.75) is 72.4 Å². The van der Waals surface area contributed by atoms with E-state index < -0.39 is 0 Å². The average Bonchev–Trinajstić information content (AvgIpc) is 2.34. The van der Waals surface area contributed by atoms with Crippen LogP contribution in [-0.4, -0.2) is 30.7 Å². The summed E-state index contributed by atoms with van der Waals surface area (Å²) >= 11 is 0. The van der Waals surface area contributed by atoms with Crippen LogP contribution >= 0.6 is 0 Å². The summed E-state index contributed by atoms with van der Waals surface area (Å²) in [5.41, 5.74) is 6.46. The van der Waals surface area contributed by atoms with Gasteiger partial charge in [-0.2, -0.15) is 0 Å². The summed E-state index contributed by atoms with van der Waals surface area (Å²) in [7, 11) is 0. The minimum Gasteiger partial charge on any atom is -0.330 e. The number of hydrogen-bond acceptors (Lipinski definition) is 3. The molecule has 0 aliphatic rings. The van der Waals surface area contributed by atoms with Crippen molar-refractivity contribution in [3.05, 3.63) is 0 Å². The second-order valence-electron chi connectivity index (χ2n) is 7.20. The van der Waals surface area contributed by atoms with Crippen LogP contribution in [0.2, 0.25) is 0 Å². The number of rotatable bonds is 9. The predicted molar refractivity (Wildman–Crippen MR) is 81.9 cm³/mol. The predicted octanol–water partition coefficient (Wildman–Crippen LogP) is 2.51. The van der Waals surface area contributed by atoms with Gasteiger partial charge in [-0.1, -0.05) is 20.8 Å². The Kier molecular flexibility index (Phi) is 6.83. The molecule has 4 N–H and O–H groups in total. The molecule has 18 heavy (non-hydrogen) atoms. The van der Waals surface area contributed by atoms with E-state index >= 15 is 0 Å². The zero-order valence-electron chi connectivity index (χ0n) is 13.6. The lowest BCUT2D eigenvalue weighted by Gasteiger charge is -2.37. The van der Waals surface area contributed by atoms with Crippen molar-refractivity contribution < 1.29 is 0 Å². The first-order valence-corrected chi connectivity index (χ1v) is 7.30. The summed E-state index contributed by atoms with van der Waals surface area (Å²) in [6.07, 6.45) is 2.25. The van der Waals surface area contributed by atoms with Crippen molar-refractivity contribution in [1.29, 1.82) is 0 Å². The summed E-state index contributed by atoms with van der Waals surface area (Å²) < 4.78 is 0. The smallest absolute Gasteiger partial charge is 0.0122 e. The van der Waals surface area contributed by atoms with E-state index in [0.29, 0.717) is 6.54 Å². The van der Waals surface area contributed by atoms with Crippen LogP contribution in [0, 0.1) is 5.41 Å². The van der Waals surface area contributed by atoms with Gasteiger partial charge in [-0.05, 0) is 40.5 Å². The Morgan fingerprint density at radius 3 is 1.33 bits per heavy atom. The van der Waals surface area contributed by atoms with Gasteiger partial charge in [0, 0.05) is 36.1 Å². The molecular formula is C15H35N3. The van der Waals surface area contributed by atoms with Crippen LogP contribution in [0.3, 0.4) is 0 Å². The topological polar surface area (TPSA) is 50.1 Å². The van der Waals surface area contributed by atoms with E-state index in [-0.39, 0.29) is 16.5 Å². The fourth-order valence-corrected chi connectivity index (χ4v) is 1.36. The first kappa shape index (κ1) is 17.9. The Labute approximate surface area is 114 Å². The van der Waals surface area contributed by atoms with Crippen LogP contribution in [0.5, 0.6) is 0 Å². The summed E-state index contributed by atoms with van der Waals surface area (Å²) in [5, 5.41) is 7.27. The average molecular weight is 257 g/mol. The van der Waals surface area contributed by atoms with Crippen molar-refractivity contribution in [3.63, 3.8) is 0 Å². The molecule has 0 fully saturated rings. The van der Waals surface area contributed by atoms with Crippen molar-refractivity contribution in [1.82, 2.24) is 10.6 Å². The number of nitrogens with one attached hydrogen (secondary N) is 2. The van der Waals surface area contributed by atoms with Gasteiger partial charge in [-0.25, -0.2) is 0 Å². The van der Waals surface area contributed by atoms with E-state index in [0.717, 1.165) is 25.9 Å². The van der Waals surface area contributed by atoms with E-state index in [1.807, 2.05) is 0 Å². The van der Waals surface area contributed by atoms with Crippen LogP contribution in [0.15, 0.2) is 0 Å². The fourth-order valence-electron chi connectivity index (χ4n) is 1.36. The zero-order valence-corrected chi connectivity index (χ0v) is 13.6. The molecule has 0 unspecified atom stereocenters. The normalized spacial score (nSPS) is 14.0. The SMILES string of the molecule is CCC(C)(C)NCC(C)(CN)CNC(C)(C)CC. The second kappa shape index (κ2) is 6.88. The first-order chi connectivity index (χ1) is 8.10. The van der Waals surface area contributed by atoms with E-state index in [2.05, 4.69) is 59.1 Å². The standard InChI is InChI=1S/C15H35N3/c1-8-13(3,4)17-11-15(7,10-16)12-18-14(5,6)9-2/h17-18H,8-12,16H2,1-7H3. The summed E-state index contributed by atoms with van der Waals surface area (Å²) in [5.74, 6) is 0. The monoisotopic (exact) mass is 257 g/mol. The minimum absolute atomic E-state index is 0.110. The van der Waals surface area contributed by atoms with Crippen molar-refractivity contribution in [2.24, 2.45) is 11.1 Å². The van der Waals surface area contributed by atoms with E-state index in [1.54, 1.807) is 0 Å². The molecule has 0 aromatic carbocycles. The Morgan fingerprint density at radius 2 is 1.11 bits per heavy atom. The Bertz CT molecular complexity index is 214. The highest BCUT2D eigenvalue weighted by Crippen LogP contribution is 2.17. The number of nitrogens with two attached hydrogens (primary N) is 1. The maximum atomic E-state index is 5.97. The molecule has 3 nitrogen and oxygen atoms in total. The number of hydrogen-bond donors (Lipinski definition) is 3. The van der Waals surface area contributed by atoms with Crippen molar-refractivity contribution >= 4 is 0 Å². The molecule has 110 valence electrons. The Morgan fingerprint density at radius 1 is 0.778 bits per heavy atom. The third-order valence-electron chi connectivity index (χ3n) is 4.25. The molecule has 0 aliphatic carbocycles. The minimum atomic E-state index is 0.110. The Balaban J connectivity index is 4.35. The van der Waals surface area contributed by atoms with Gasteiger partial charge in [0.2, 0.25) is 0 Å². The van der Waals surface area contributed by atoms with E-state index in [4.69, 9.17) is 5.73 Å². The summed E-state index contributed by atoms with van der Waals surface area (Å²) in [4.78, 5) is 0. The second-order valence-corrected chi connectivity index (χ2v) is 7.20. The van der Waals surface area contributed by atoms with Gasteiger partial charge in [0.15, 0.2) is 0 Å². The first-order valence-electron chi connectivity index (χ1n) is 7.30. The highest BCUT2D eigenvalue weighted by atomic mass is 15.0. The van der Waals surface area contributed by atoms with Gasteiger partial charge < -0.3 is 16.4 Å². The molecule has 0 saturated carbocycles. The molecule has 0 spiro atoms. The van der Waals surface area contributed by atoms with Gasteiger partial charge in [0.25, 0.3) is 0 Å². The molecular weight excluding hydrogens is 222 g/mol. The summed E-state index contributed by atoms with van der Waals surface area (Å²) in [6, 6.07) is 0. The molecule has 0 aliphatic heterocycles. The third-order valence-corrected chi connectivity index (χ3v) is 4.25. The molecule has 0 bridgehead atoms. The highest BCUT2D eigenvalue weighted by molar-refractivity contribution is 4.88. The molecule has 0 saturated heterocycles. The zero-order chi connectivity index (χ0) is 14.4. The van der Waals surface area contributed by atoms with Gasteiger partial charge in [0.1, 0.15) is 0 Å². The molecule has 3 heteroatoms. The lowest BCUT2D eigenvalue weighted by molar-refractivity contribution is 0.224.